The molecule has 0 aromatic heterocycles. The molecule has 4 aromatic carbocycles. The van der Waals surface area contributed by atoms with Gasteiger partial charge in [-0.3, -0.25) is 14.4 Å². The molecule has 0 radical (unpaired) electrons. The van der Waals surface area contributed by atoms with Gasteiger partial charge < -0.3 is 0 Å². The van der Waals surface area contributed by atoms with Crippen LogP contribution < -0.4 is 4.90 Å². The summed E-state index contributed by atoms with van der Waals surface area (Å²) in [6.45, 7) is 0. The number of hydrogen-bond acceptors (Lipinski definition) is 3. The summed E-state index contributed by atoms with van der Waals surface area (Å²) in [7, 11) is 0. The average molecular weight is 569 g/mol. The topological polar surface area (TPSA) is 54.5 Å². The fraction of sp³-hybridized carbons (Fsp3) is 0.129. The van der Waals surface area contributed by atoms with Gasteiger partial charge in [0.2, 0.25) is 11.8 Å². The lowest BCUT2D eigenvalue weighted by Gasteiger charge is -2.51. The molecule has 37 heavy (non-hydrogen) atoms. The number of nitrogens with zero attached hydrogens (tertiary/aromatic N) is 1. The fourth-order valence-electron chi connectivity index (χ4n) is 6.55. The Balaban J connectivity index is 1.42. The molecular formula is C31H19BrClNO3. The molecule has 180 valence electrons. The highest BCUT2D eigenvalue weighted by Crippen LogP contribution is 2.66. The summed E-state index contributed by atoms with van der Waals surface area (Å²) < 4.78 is -0.850. The van der Waals surface area contributed by atoms with Crippen LogP contribution in [-0.2, 0) is 13.9 Å². The third kappa shape index (κ3) is 2.93. The van der Waals surface area contributed by atoms with Gasteiger partial charge in [-0.25, -0.2) is 4.90 Å². The molecule has 0 saturated carbocycles. The maximum Gasteiger partial charge on any atom is 0.239 e. The minimum Gasteiger partial charge on any atom is -0.289 e. The number of carbonyl (C=O) groups excluding carboxylic acids is 3. The molecule has 4 aliphatic rings. The van der Waals surface area contributed by atoms with Crippen LogP contribution >= 0.6 is 27.5 Å². The molecule has 2 amide bonds. The first-order valence-electron chi connectivity index (χ1n) is 12.1. The Bertz CT molecular complexity index is 1600. The number of anilines is 1. The molecule has 2 atom stereocenters. The van der Waals surface area contributed by atoms with Crippen LogP contribution in [-0.4, -0.2) is 17.6 Å². The van der Waals surface area contributed by atoms with Crippen molar-refractivity contribution in [3.05, 3.63) is 135 Å². The predicted octanol–water partition coefficient (Wildman–Crippen LogP) is 6.47. The number of ketones is 1. The number of halogens is 2. The van der Waals surface area contributed by atoms with Gasteiger partial charge in [-0.05, 0) is 40.5 Å². The van der Waals surface area contributed by atoms with Crippen LogP contribution in [0.4, 0.5) is 5.69 Å². The minimum atomic E-state index is -0.850. The van der Waals surface area contributed by atoms with E-state index in [1.54, 1.807) is 36.4 Å². The monoisotopic (exact) mass is 567 g/mol. The van der Waals surface area contributed by atoms with E-state index in [1.807, 2.05) is 42.5 Å². The Morgan fingerprint density at radius 1 is 0.784 bits per heavy atom. The highest BCUT2D eigenvalue weighted by molar-refractivity contribution is 9.09. The Labute approximate surface area is 227 Å². The van der Waals surface area contributed by atoms with Crippen molar-refractivity contribution in [3.63, 3.8) is 0 Å². The zero-order valence-corrected chi connectivity index (χ0v) is 21.7. The molecule has 4 nitrogen and oxygen atoms in total. The van der Waals surface area contributed by atoms with Crippen LogP contribution in [0.5, 0.6) is 0 Å². The van der Waals surface area contributed by atoms with E-state index in [0.717, 1.165) is 22.3 Å². The van der Waals surface area contributed by atoms with Crippen LogP contribution in [0.2, 0.25) is 5.02 Å². The van der Waals surface area contributed by atoms with Crippen LogP contribution in [0, 0.1) is 11.8 Å². The molecule has 1 saturated heterocycles. The molecule has 1 aliphatic heterocycles. The summed E-state index contributed by atoms with van der Waals surface area (Å²) in [6, 6.07) is 29.6. The van der Waals surface area contributed by atoms with Crippen LogP contribution in [0.1, 0.15) is 44.1 Å². The first kappa shape index (κ1) is 22.6. The Morgan fingerprint density at radius 2 is 1.38 bits per heavy atom. The van der Waals surface area contributed by atoms with Crippen LogP contribution in [0.3, 0.4) is 0 Å². The quantitative estimate of drug-likeness (QED) is 0.162. The highest BCUT2D eigenvalue weighted by atomic mass is 79.9. The number of rotatable bonds is 3. The number of carbonyl (C=O) groups is 3. The van der Waals surface area contributed by atoms with Crippen molar-refractivity contribution in [1.82, 2.24) is 0 Å². The molecule has 4 aromatic rings. The van der Waals surface area contributed by atoms with Crippen molar-refractivity contribution in [2.24, 2.45) is 11.8 Å². The Morgan fingerprint density at radius 3 is 2.03 bits per heavy atom. The van der Waals surface area contributed by atoms with E-state index in [9.17, 15) is 14.4 Å². The number of alkyl halides is 1. The fourth-order valence-corrected chi connectivity index (χ4v) is 7.92. The van der Waals surface area contributed by atoms with Crippen molar-refractivity contribution in [3.8, 4) is 0 Å². The number of amides is 2. The van der Waals surface area contributed by atoms with Gasteiger partial charge >= 0.3 is 0 Å². The first-order valence-corrected chi connectivity index (χ1v) is 13.2. The normalized spacial score (nSPS) is 25.0. The van der Waals surface area contributed by atoms with Gasteiger partial charge in [-0.15, -0.1) is 0 Å². The van der Waals surface area contributed by atoms with Gasteiger partial charge in [0, 0.05) is 22.1 Å². The smallest absolute Gasteiger partial charge is 0.239 e. The first-order chi connectivity index (χ1) is 17.9. The summed E-state index contributed by atoms with van der Waals surface area (Å²) in [5, 5.41) is 0.358. The molecule has 1 heterocycles. The maximum absolute atomic E-state index is 14.3. The third-order valence-corrected chi connectivity index (χ3v) is 9.58. The van der Waals surface area contributed by atoms with E-state index in [0.29, 0.717) is 10.6 Å². The van der Waals surface area contributed by atoms with Gasteiger partial charge in [-0.1, -0.05) is 106 Å². The zero-order valence-electron chi connectivity index (χ0n) is 19.4. The summed E-state index contributed by atoms with van der Waals surface area (Å²) in [6.07, 6.45) is 0. The van der Waals surface area contributed by atoms with Gasteiger partial charge in [-0.2, -0.15) is 0 Å². The second kappa shape index (κ2) is 7.98. The Hall–Kier alpha value is -3.54. The van der Waals surface area contributed by atoms with Crippen molar-refractivity contribution < 1.29 is 14.4 Å². The van der Waals surface area contributed by atoms with E-state index in [1.165, 1.54) is 11.0 Å². The molecule has 2 bridgehead atoms. The van der Waals surface area contributed by atoms with Crippen LogP contribution in [0.15, 0.2) is 97.1 Å². The van der Waals surface area contributed by atoms with E-state index in [-0.39, 0.29) is 34.8 Å². The van der Waals surface area contributed by atoms with Gasteiger partial charge in [0.15, 0.2) is 5.78 Å². The molecule has 0 spiro atoms. The van der Waals surface area contributed by atoms with Gasteiger partial charge in [0.25, 0.3) is 0 Å². The molecule has 8 rings (SSSR count). The Kier molecular flexibility index (Phi) is 4.88. The second-order valence-corrected chi connectivity index (χ2v) is 11.4. The average Bonchev–Trinajstić information content (AvgIpc) is 3.20. The minimum absolute atomic E-state index is 0.227. The van der Waals surface area contributed by atoms with E-state index in [2.05, 4.69) is 28.1 Å². The number of benzene rings is 4. The lowest BCUT2D eigenvalue weighted by Crippen LogP contribution is -2.50. The van der Waals surface area contributed by atoms with E-state index < -0.39 is 16.2 Å². The van der Waals surface area contributed by atoms with Crippen molar-refractivity contribution in [1.29, 1.82) is 0 Å². The standard InChI is InChI=1S/C31H19BrClNO3/c32-31-22-12-6-4-10-19(22)25(20-11-5-7-13-23(20)31)26-27(31)30(37)34(29(26)36)24-15-14-18(33)16-21(24)28(35)17-8-2-1-3-9-17/h1-16,25-27H/t25?,26-,27+,31?/m0/s1. The number of imide groups is 1. The van der Waals surface area contributed by atoms with Gasteiger partial charge in [0.1, 0.15) is 0 Å². The third-order valence-electron chi connectivity index (χ3n) is 7.99. The lowest BCUT2D eigenvalue weighted by atomic mass is 9.55. The molecule has 6 heteroatoms. The second-order valence-electron chi connectivity index (χ2n) is 9.74. The maximum atomic E-state index is 14.3. The number of hydrogen-bond donors (Lipinski definition) is 0. The molecule has 1 fully saturated rings. The predicted molar refractivity (Wildman–Crippen MR) is 145 cm³/mol. The SMILES string of the molecule is O=C(c1ccccc1)c1cc(Cl)ccc1N1C(=O)[C@H]2C3c4ccccc4C(Br)(c4ccccc43)[C@H]2C1=O. The molecular weight excluding hydrogens is 550 g/mol. The van der Waals surface area contributed by atoms with Gasteiger partial charge in [0.05, 0.1) is 21.8 Å². The summed E-state index contributed by atoms with van der Waals surface area (Å²) in [4.78, 5) is 43.3. The largest absolute Gasteiger partial charge is 0.289 e. The molecule has 0 unspecified atom stereocenters. The summed E-state index contributed by atoms with van der Waals surface area (Å²) >= 11 is 10.3. The summed E-state index contributed by atoms with van der Waals surface area (Å²) in [5.74, 6) is -2.39. The molecule has 3 aliphatic carbocycles. The van der Waals surface area contributed by atoms with Crippen molar-refractivity contribution in [2.75, 3.05) is 4.90 Å². The zero-order chi connectivity index (χ0) is 25.5. The molecule has 0 N–H and O–H groups in total. The summed E-state index contributed by atoms with van der Waals surface area (Å²) in [5.41, 5.74) is 5.09. The van der Waals surface area contributed by atoms with Crippen molar-refractivity contribution in [2.45, 2.75) is 10.2 Å². The highest BCUT2D eigenvalue weighted by Gasteiger charge is 2.67. The van der Waals surface area contributed by atoms with Crippen LogP contribution in [0.25, 0.3) is 0 Å². The van der Waals surface area contributed by atoms with Crippen molar-refractivity contribution >= 4 is 50.8 Å². The van der Waals surface area contributed by atoms with E-state index in [4.69, 9.17) is 11.6 Å². The van der Waals surface area contributed by atoms with E-state index >= 15 is 0 Å². The lowest BCUT2D eigenvalue weighted by molar-refractivity contribution is -0.122.